The molecule has 0 aromatic heterocycles. The van der Waals surface area contributed by atoms with Crippen LogP contribution in [0, 0.1) is 5.92 Å². The van der Waals surface area contributed by atoms with Crippen LogP contribution in [0.15, 0.2) is 48.5 Å². The van der Waals surface area contributed by atoms with Gasteiger partial charge in [-0.05, 0) is 74.3 Å². The maximum Gasteiger partial charge on any atom is 0.303 e. The molecule has 1 saturated heterocycles. The third-order valence-electron chi connectivity index (χ3n) is 10.3. The van der Waals surface area contributed by atoms with E-state index in [9.17, 15) is 9.59 Å². The molecule has 2 aliphatic heterocycles. The number of amides is 1. The minimum Gasteiger partial charge on any atom is -0.493 e. The van der Waals surface area contributed by atoms with E-state index in [0.717, 1.165) is 48.7 Å². The largest absolute Gasteiger partial charge is 0.493 e. The van der Waals surface area contributed by atoms with Crippen LogP contribution in [0.25, 0.3) is 6.08 Å². The summed E-state index contributed by atoms with van der Waals surface area (Å²) in [5.41, 5.74) is 2.14. The van der Waals surface area contributed by atoms with Gasteiger partial charge in [0.15, 0.2) is 11.5 Å². The van der Waals surface area contributed by atoms with Gasteiger partial charge in [-0.2, -0.15) is 0 Å². The predicted octanol–water partition coefficient (Wildman–Crippen LogP) is 4.37. The number of nitrogens with zero attached hydrogens (tertiary/aromatic N) is 2. The van der Waals surface area contributed by atoms with Crippen LogP contribution in [0.5, 0.6) is 11.5 Å². The van der Waals surface area contributed by atoms with E-state index in [1.54, 1.807) is 13.2 Å². The summed E-state index contributed by atoms with van der Waals surface area (Å²) in [4.78, 5) is 30.8. The quantitative estimate of drug-likeness (QED) is 0.382. The average molecular weight is 543 g/mol. The van der Waals surface area contributed by atoms with Gasteiger partial charge < -0.3 is 19.1 Å². The fourth-order valence-corrected chi connectivity index (χ4v) is 8.45. The number of ether oxygens (including phenoxy) is 3. The van der Waals surface area contributed by atoms with E-state index < -0.39 is 11.0 Å². The standard InChI is InChI=1S/C33H38N2O5/c1-21(36)40-33-16-15-25(34(2)28(37)14-11-22-7-5-4-6-8-22)31-32(33)17-18-35(20-23-9-10-23)27(33)19-24-12-13-26(38-3)30(39-31)29(24)32/h4-8,11-14,23,25,27,31H,9-10,15-20H2,1-3H3/b14-11+/t25?,27-,31?,32+,33-/m1/s1. The number of likely N-dealkylation sites (N-methyl/N-ethyl adjacent to an activating group) is 1. The maximum atomic E-state index is 13.5. The Bertz CT molecular complexity index is 1370. The number of rotatable bonds is 7. The van der Waals surface area contributed by atoms with Gasteiger partial charge in [0, 0.05) is 32.2 Å². The van der Waals surface area contributed by atoms with Crippen LogP contribution in [0.1, 0.15) is 55.7 Å². The molecule has 3 fully saturated rings. The van der Waals surface area contributed by atoms with Crippen molar-refractivity contribution < 1.29 is 23.8 Å². The molecule has 210 valence electrons. The Morgan fingerprint density at radius 1 is 1.12 bits per heavy atom. The van der Waals surface area contributed by atoms with E-state index in [4.69, 9.17) is 14.2 Å². The summed E-state index contributed by atoms with van der Waals surface area (Å²) < 4.78 is 19.3. The van der Waals surface area contributed by atoms with Crippen molar-refractivity contribution in [2.45, 2.75) is 74.7 Å². The Kier molecular flexibility index (Phi) is 6.00. The number of likely N-dealkylation sites (tertiary alicyclic amines) is 1. The Hall–Kier alpha value is -3.32. The van der Waals surface area contributed by atoms with Crippen molar-refractivity contribution in [2.24, 2.45) is 5.92 Å². The lowest BCUT2D eigenvalue weighted by molar-refractivity contribution is -0.223. The zero-order valence-corrected chi connectivity index (χ0v) is 23.6. The molecule has 2 unspecified atom stereocenters. The highest BCUT2D eigenvalue weighted by atomic mass is 16.6. The Balaban J connectivity index is 1.32. The molecule has 0 radical (unpaired) electrons. The molecule has 1 amide bonds. The first-order chi connectivity index (χ1) is 19.4. The highest BCUT2D eigenvalue weighted by Crippen LogP contribution is 2.67. The van der Waals surface area contributed by atoms with Crippen LogP contribution in [-0.4, -0.2) is 72.7 Å². The number of carbonyl (C=O) groups excluding carboxylic acids is 2. The van der Waals surface area contributed by atoms with Gasteiger partial charge in [-0.1, -0.05) is 36.4 Å². The number of piperidine rings is 1. The molecule has 3 aliphatic carbocycles. The molecular formula is C33H38N2O5. The summed E-state index contributed by atoms with van der Waals surface area (Å²) in [5.74, 6) is 1.90. The number of benzene rings is 2. The van der Waals surface area contributed by atoms with E-state index in [1.807, 2.05) is 54.4 Å². The van der Waals surface area contributed by atoms with E-state index in [-0.39, 0.29) is 30.1 Å². The van der Waals surface area contributed by atoms with Crippen LogP contribution in [-0.2, 0) is 26.2 Å². The molecule has 7 heteroatoms. The number of carbonyl (C=O) groups is 2. The third-order valence-corrected chi connectivity index (χ3v) is 10.3. The normalized spacial score (nSPS) is 31.8. The lowest BCUT2D eigenvalue weighted by Crippen LogP contribution is -2.79. The smallest absolute Gasteiger partial charge is 0.303 e. The fraction of sp³-hybridized carbons (Fsp3) is 0.515. The van der Waals surface area contributed by atoms with Crippen LogP contribution in [0.3, 0.4) is 0 Å². The van der Waals surface area contributed by atoms with E-state index in [0.29, 0.717) is 18.6 Å². The number of hydrogen-bond donors (Lipinski definition) is 0. The van der Waals surface area contributed by atoms with Gasteiger partial charge in [-0.25, -0.2) is 0 Å². The molecule has 7 nitrogen and oxygen atoms in total. The van der Waals surface area contributed by atoms with E-state index in [2.05, 4.69) is 11.0 Å². The lowest BCUT2D eigenvalue weighted by Gasteiger charge is -2.65. The van der Waals surface area contributed by atoms with Crippen molar-refractivity contribution in [1.29, 1.82) is 0 Å². The summed E-state index contributed by atoms with van der Waals surface area (Å²) in [7, 11) is 3.55. The first-order valence-electron chi connectivity index (χ1n) is 14.7. The predicted molar refractivity (Wildman–Crippen MR) is 151 cm³/mol. The maximum absolute atomic E-state index is 13.5. The highest BCUT2D eigenvalue weighted by molar-refractivity contribution is 5.92. The number of methoxy groups -OCH3 is 1. The molecule has 2 aromatic rings. The minimum absolute atomic E-state index is 0.0597. The van der Waals surface area contributed by atoms with Crippen LogP contribution >= 0.6 is 0 Å². The Morgan fingerprint density at radius 2 is 1.93 bits per heavy atom. The second-order valence-electron chi connectivity index (χ2n) is 12.3. The van der Waals surface area contributed by atoms with Gasteiger partial charge >= 0.3 is 5.97 Å². The second-order valence-corrected chi connectivity index (χ2v) is 12.3. The van der Waals surface area contributed by atoms with Crippen molar-refractivity contribution >= 4 is 18.0 Å². The van der Waals surface area contributed by atoms with Gasteiger partial charge in [-0.15, -0.1) is 0 Å². The van der Waals surface area contributed by atoms with Gasteiger partial charge in [0.2, 0.25) is 5.91 Å². The Labute approximate surface area is 236 Å². The summed E-state index contributed by atoms with van der Waals surface area (Å²) in [6.07, 6.45) is 8.77. The van der Waals surface area contributed by atoms with Crippen LogP contribution in [0.2, 0.25) is 0 Å². The molecule has 40 heavy (non-hydrogen) atoms. The van der Waals surface area contributed by atoms with Gasteiger partial charge in [0.1, 0.15) is 11.7 Å². The number of hydrogen-bond acceptors (Lipinski definition) is 6. The molecule has 2 saturated carbocycles. The summed E-state index contributed by atoms with van der Waals surface area (Å²) in [6.45, 7) is 3.52. The summed E-state index contributed by atoms with van der Waals surface area (Å²) in [6, 6.07) is 14.0. The SMILES string of the molecule is COc1ccc2c3c1OC1C(N(C)C(=O)/C=C/c4ccccc4)CC[C@@]4(OC(C)=O)[C@@H](C2)N(CC2CC2)CC[C@]314. The molecule has 1 spiro atoms. The summed E-state index contributed by atoms with van der Waals surface area (Å²) >= 11 is 0. The third kappa shape index (κ3) is 3.66. The van der Waals surface area contributed by atoms with Gasteiger partial charge in [0.05, 0.1) is 24.6 Å². The minimum atomic E-state index is -0.707. The van der Waals surface area contributed by atoms with Crippen molar-refractivity contribution in [2.75, 3.05) is 27.2 Å². The fourth-order valence-electron chi connectivity index (χ4n) is 8.45. The molecule has 2 heterocycles. The van der Waals surface area contributed by atoms with Crippen molar-refractivity contribution in [1.82, 2.24) is 9.80 Å². The number of esters is 1. The van der Waals surface area contributed by atoms with E-state index >= 15 is 0 Å². The van der Waals surface area contributed by atoms with Crippen molar-refractivity contribution in [3.05, 3.63) is 65.2 Å². The van der Waals surface area contributed by atoms with Crippen LogP contribution < -0.4 is 9.47 Å². The molecule has 0 N–H and O–H groups in total. The van der Waals surface area contributed by atoms with Crippen LogP contribution in [0.4, 0.5) is 0 Å². The zero-order valence-electron chi connectivity index (χ0n) is 23.6. The molecule has 7 rings (SSSR count). The zero-order chi connectivity index (χ0) is 27.6. The van der Waals surface area contributed by atoms with Crippen molar-refractivity contribution in [3.63, 3.8) is 0 Å². The molecule has 5 aliphatic rings. The van der Waals surface area contributed by atoms with E-state index in [1.165, 1.54) is 25.3 Å². The first kappa shape index (κ1) is 25.6. The highest BCUT2D eigenvalue weighted by Gasteiger charge is 2.75. The topological polar surface area (TPSA) is 68.3 Å². The monoisotopic (exact) mass is 542 g/mol. The molecular weight excluding hydrogens is 504 g/mol. The second kappa shape index (κ2) is 9.37. The first-order valence-corrected chi connectivity index (χ1v) is 14.7. The molecule has 5 atom stereocenters. The average Bonchev–Trinajstić information content (AvgIpc) is 3.70. The molecule has 2 bridgehead atoms. The van der Waals surface area contributed by atoms with Crippen molar-refractivity contribution in [3.8, 4) is 11.5 Å². The van der Waals surface area contributed by atoms with Gasteiger partial charge in [-0.3, -0.25) is 14.5 Å². The summed E-state index contributed by atoms with van der Waals surface area (Å²) in [5, 5.41) is 0. The molecule has 2 aromatic carbocycles. The van der Waals surface area contributed by atoms with Gasteiger partial charge in [0.25, 0.3) is 0 Å². The Morgan fingerprint density at radius 3 is 2.65 bits per heavy atom. The lowest BCUT2D eigenvalue weighted by atomic mass is 9.48.